The van der Waals surface area contributed by atoms with E-state index < -0.39 is 27.9 Å². The number of amides is 1. The van der Waals surface area contributed by atoms with E-state index >= 15 is 0 Å². The zero-order valence-corrected chi connectivity index (χ0v) is 16.0. The monoisotopic (exact) mass is 396 g/mol. The first-order valence-corrected chi connectivity index (χ1v) is 10.6. The molecular weight excluding hydrogens is 372 g/mol. The number of carbonyl (C=O) groups is 2. The minimum absolute atomic E-state index is 0.123. The van der Waals surface area contributed by atoms with E-state index in [1.807, 2.05) is 0 Å². The van der Waals surface area contributed by atoms with Crippen LogP contribution in [0.2, 0.25) is 0 Å². The summed E-state index contributed by atoms with van der Waals surface area (Å²) in [6.45, 7) is 3.05. The Morgan fingerprint density at radius 1 is 1.33 bits per heavy atom. The third kappa shape index (κ3) is 4.24. The molecule has 1 aromatic carbocycles. The largest absolute Gasteiger partial charge is 0.480 e. The summed E-state index contributed by atoms with van der Waals surface area (Å²) in [4.78, 5) is 24.2. The molecule has 2 atom stereocenters. The number of carboxylic acids is 1. The predicted molar refractivity (Wildman–Crippen MR) is 99.4 cm³/mol. The van der Waals surface area contributed by atoms with Crippen molar-refractivity contribution in [3.63, 3.8) is 0 Å². The molecule has 0 bridgehead atoms. The zero-order valence-electron chi connectivity index (χ0n) is 15.2. The third-order valence-electron chi connectivity index (χ3n) is 5.06. The number of benzene rings is 1. The molecule has 1 amide bonds. The molecule has 2 aliphatic rings. The fourth-order valence-electron chi connectivity index (χ4n) is 3.62. The minimum Gasteiger partial charge on any atom is -0.480 e. The Morgan fingerprint density at radius 3 is 2.67 bits per heavy atom. The van der Waals surface area contributed by atoms with E-state index in [1.165, 1.54) is 4.31 Å². The van der Waals surface area contributed by atoms with Gasteiger partial charge in [-0.1, -0.05) is 0 Å². The summed E-state index contributed by atoms with van der Waals surface area (Å²) in [7, 11) is -3.29. The summed E-state index contributed by atoms with van der Waals surface area (Å²) >= 11 is 0. The van der Waals surface area contributed by atoms with Crippen molar-refractivity contribution in [1.29, 1.82) is 0 Å². The smallest absolute Gasteiger partial charge is 0.326 e. The number of carboxylic acid groups (broad SMARTS) is 1. The van der Waals surface area contributed by atoms with Crippen molar-refractivity contribution < 1.29 is 27.9 Å². The van der Waals surface area contributed by atoms with Gasteiger partial charge in [0.05, 0.1) is 18.0 Å². The number of aryl methyl sites for hydroxylation is 1. The van der Waals surface area contributed by atoms with E-state index in [2.05, 4.69) is 5.32 Å². The highest BCUT2D eigenvalue weighted by Gasteiger charge is 2.32. The van der Waals surface area contributed by atoms with Crippen molar-refractivity contribution >= 4 is 27.6 Å². The van der Waals surface area contributed by atoms with E-state index in [-0.39, 0.29) is 11.7 Å². The van der Waals surface area contributed by atoms with Crippen molar-refractivity contribution in [2.45, 2.75) is 32.2 Å². The van der Waals surface area contributed by atoms with Crippen LogP contribution in [0.25, 0.3) is 0 Å². The number of hydrogen-bond donors (Lipinski definition) is 2. The van der Waals surface area contributed by atoms with Crippen molar-refractivity contribution in [3.05, 3.63) is 29.3 Å². The summed E-state index contributed by atoms with van der Waals surface area (Å²) in [6.07, 6.45) is 2.03. The normalized spacial score (nSPS) is 23.0. The van der Waals surface area contributed by atoms with Crippen molar-refractivity contribution in [1.82, 2.24) is 5.32 Å². The number of rotatable bonds is 5. The summed E-state index contributed by atoms with van der Waals surface area (Å²) in [5.41, 5.74) is 1.45. The Morgan fingerprint density at radius 2 is 2.11 bits per heavy atom. The molecule has 2 saturated heterocycles. The Labute approximate surface area is 158 Å². The Hall–Kier alpha value is -2.13. The summed E-state index contributed by atoms with van der Waals surface area (Å²) < 4.78 is 30.8. The van der Waals surface area contributed by atoms with E-state index in [1.54, 1.807) is 25.1 Å². The van der Waals surface area contributed by atoms with E-state index in [4.69, 9.17) is 4.74 Å². The van der Waals surface area contributed by atoms with Crippen LogP contribution in [0.4, 0.5) is 5.69 Å². The van der Waals surface area contributed by atoms with Gasteiger partial charge in [-0.15, -0.1) is 0 Å². The second-order valence-electron chi connectivity index (χ2n) is 7.01. The van der Waals surface area contributed by atoms with Crippen molar-refractivity contribution in [2.24, 2.45) is 5.92 Å². The van der Waals surface area contributed by atoms with Crippen LogP contribution in [0, 0.1) is 12.8 Å². The molecule has 3 rings (SSSR count). The van der Waals surface area contributed by atoms with Crippen LogP contribution < -0.4 is 9.62 Å². The molecule has 8 nitrogen and oxygen atoms in total. The Kier molecular flexibility index (Phi) is 5.71. The quantitative estimate of drug-likeness (QED) is 0.772. The number of nitrogens with one attached hydrogen (secondary N) is 1. The molecule has 0 aromatic heterocycles. The fraction of sp³-hybridized carbons (Fsp3) is 0.556. The molecule has 2 heterocycles. The molecule has 2 aliphatic heterocycles. The second kappa shape index (κ2) is 7.85. The maximum absolute atomic E-state index is 12.6. The van der Waals surface area contributed by atoms with Gasteiger partial charge in [0.15, 0.2) is 0 Å². The molecular formula is C18H24N2O6S. The lowest BCUT2D eigenvalue weighted by atomic mass is 9.93. The highest BCUT2D eigenvalue weighted by molar-refractivity contribution is 7.93. The lowest BCUT2D eigenvalue weighted by molar-refractivity contribution is -0.142. The highest BCUT2D eigenvalue weighted by atomic mass is 32.2. The Balaban J connectivity index is 1.77. The number of aliphatic carboxylic acids is 1. The molecule has 27 heavy (non-hydrogen) atoms. The molecule has 148 valence electrons. The topological polar surface area (TPSA) is 113 Å². The summed E-state index contributed by atoms with van der Waals surface area (Å²) in [5, 5.41) is 12.1. The van der Waals surface area contributed by atoms with Gasteiger partial charge in [0.2, 0.25) is 10.0 Å². The average molecular weight is 396 g/mol. The minimum atomic E-state index is -3.29. The second-order valence-corrected chi connectivity index (χ2v) is 9.02. The van der Waals surface area contributed by atoms with Crippen LogP contribution in [-0.4, -0.2) is 57.0 Å². The first-order chi connectivity index (χ1) is 12.8. The number of hydrogen-bond acceptors (Lipinski definition) is 5. The number of sulfonamides is 1. The van der Waals surface area contributed by atoms with Crippen LogP contribution in [0.1, 0.15) is 35.2 Å². The van der Waals surface area contributed by atoms with Gasteiger partial charge in [0, 0.05) is 24.6 Å². The average Bonchev–Trinajstić information content (AvgIpc) is 2.99. The third-order valence-corrected chi connectivity index (χ3v) is 6.93. The summed E-state index contributed by atoms with van der Waals surface area (Å²) in [6, 6.07) is 3.77. The molecule has 1 aromatic rings. The van der Waals surface area contributed by atoms with Crippen LogP contribution in [0.5, 0.6) is 0 Å². The van der Waals surface area contributed by atoms with Gasteiger partial charge in [-0.25, -0.2) is 13.2 Å². The van der Waals surface area contributed by atoms with E-state index in [9.17, 15) is 23.1 Å². The molecule has 0 radical (unpaired) electrons. The number of ether oxygens (including phenoxy) is 1. The zero-order chi connectivity index (χ0) is 19.6. The lowest BCUT2D eigenvalue weighted by Crippen LogP contribution is -2.48. The number of carbonyl (C=O) groups excluding carboxylic acids is 1. The highest BCUT2D eigenvalue weighted by Crippen LogP contribution is 2.26. The lowest BCUT2D eigenvalue weighted by Gasteiger charge is -2.28. The van der Waals surface area contributed by atoms with Gasteiger partial charge >= 0.3 is 5.97 Å². The van der Waals surface area contributed by atoms with Gasteiger partial charge in [-0.05, 0) is 49.9 Å². The fourth-order valence-corrected chi connectivity index (χ4v) is 5.17. The maximum atomic E-state index is 12.6. The van der Waals surface area contributed by atoms with Gasteiger partial charge in [-0.2, -0.15) is 0 Å². The van der Waals surface area contributed by atoms with Gasteiger partial charge in [0.25, 0.3) is 5.91 Å². The molecule has 0 spiro atoms. The molecule has 9 heteroatoms. The molecule has 2 fully saturated rings. The van der Waals surface area contributed by atoms with Gasteiger partial charge in [0.1, 0.15) is 6.04 Å². The molecule has 0 saturated carbocycles. The Bertz CT molecular complexity index is 832. The first-order valence-electron chi connectivity index (χ1n) is 9.02. The molecule has 0 aliphatic carbocycles. The molecule has 2 unspecified atom stereocenters. The standard InChI is InChI=1S/C18H24N2O6S/c1-12-10-14(20-7-3-9-27(20,24)25)5-6-15(12)17(21)19-16(18(22)23)13-4-2-8-26-11-13/h5-6,10,13,16H,2-4,7-9,11H2,1H3,(H,19,21)(H,22,23). The van der Waals surface area contributed by atoms with Crippen molar-refractivity contribution in [2.75, 3.05) is 29.8 Å². The number of anilines is 1. The number of nitrogens with zero attached hydrogens (tertiary/aromatic N) is 1. The maximum Gasteiger partial charge on any atom is 0.326 e. The van der Waals surface area contributed by atoms with Crippen LogP contribution in [0.15, 0.2) is 18.2 Å². The van der Waals surface area contributed by atoms with Gasteiger partial charge < -0.3 is 15.2 Å². The molecule has 2 N–H and O–H groups in total. The van der Waals surface area contributed by atoms with Crippen LogP contribution in [-0.2, 0) is 19.6 Å². The van der Waals surface area contributed by atoms with Crippen LogP contribution >= 0.6 is 0 Å². The van der Waals surface area contributed by atoms with Gasteiger partial charge in [-0.3, -0.25) is 9.10 Å². The van der Waals surface area contributed by atoms with Crippen molar-refractivity contribution in [3.8, 4) is 0 Å². The summed E-state index contributed by atoms with van der Waals surface area (Å²) in [5.74, 6) is -1.72. The van der Waals surface area contributed by atoms with Crippen LogP contribution in [0.3, 0.4) is 0 Å². The van der Waals surface area contributed by atoms with E-state index in [0.717, 1.165) is 6.42 Å². The SMILES string of the molecule is Cc1cc(N2CCCS2(=O)=O)ccc1C(=O)NC(C(=O)O)C1CCCOC1. The first kappa shape index (κ1) is 19.6. The predicted octanol–water partition coefficient (Wildman–Crippen LogP) is 1.14. The van der Waals surface area contributed by atoms with E-state index in [0.29, 0.717) is 49.4 Å².